The summed E-state index contributed by atoms with van der Waals surface area (Å²) in [6.07, 6.45) is -42.7. The van der Waals surface area contributed by atoms with Crippen LogP contribution in [0.4, 0.5) is 0 Å². The molecule has 0 radical (unpaired) electrons. The number of aliphatic hydroxyl groups is 14. The summed E-state index contributed by atoms with van der Waals surface area (Å²) in [5.74, 6) is -0.274. The van der Waals surface area contributed by atoms with Crippen molar-refractivity contribution in [3.63, 3.8) is 0 Å². The summed E-state index contributed by atoms with van der Waals surface area (Å²) >= 11 is 0. The van der Waals surface area contributed by atoms with Gasteiger partial charge in [-0.05, 0) is 126 Å². The van der Waals surface area contributed by atoms with E-state index in [0.717, 1.165) is 19.3 Å². The van der Waals surface area contributed by atoms with Crippen molar-refractivity contribution in [1.29, 1.82) is 0 Å². The molecule has 31 nitrogen and oxygen atoms in total. The van der Waals surface area contributed by atoms with Crippen molar-refractivity contribution in [3.8, 4) is 0 Å². The van der Waals surface area contributed by atoms with Crippen molar-refractivity contribution in [2.75, 3.05) is 13.2 Å². The van der Waals surface area contributed by atoms with Gasteiger partial charge in [-0.25, -0.2) is 4.18 Å². The van der Waals surface area contributed by atoms with E-state index < -0.39 is 225 Å². The van der Waals surface area contributed by atoms with Crippen LogP contribution in [0.25, 0.3) is 0 Å². The van der Waals surface area contributed by atoms with Crippen molar-refractivity contribution >= 4 is 10.4 Å². The van der Waals surface area contributed by atoms with Gasteiger partial charge in [-0.15, -0.1) is 0 Å². The molecule has 1 unspecified atom stereocenters. The minimum absolute atomic E-state index is 0.0456. The van der Waals surface area contributed by atoms with Crippen molar-refractivity contribution in [2.45, 2.75) is 316 Å². The standard InChI is InChI=1S/C61H100O31S/c1-21(2)16-33-52(85-33)61(9,75)35-11-10-28-27-18-32(30-17-26(92-93(76,77)78)12-14-59(30,7)29(27)13-15-60(28,35)8)86-55-46(73)49(39(66)24(5)82-55)89-57-50(90-54-45(72)42(69)36(63)22(3)81-54)41(68)34(20-80-57)87-58-51(43(70)37(64)23(4)84-58)91-56-47(74)48(38(65)25(6)83-56)88-53-44(71)40(67)31(62)19-79-53/h13,21-28,30-58,62-75H,10-12,14-20H2,1-9H3,(H,76,77,78)/t22-,23-,24-,25-,26+,27?,28+,30-,31-,32+,33-,34-,35+,36-,37-,38+,39-,40+,41+,42+,43+,44-,45-,46-,47-,48+,49+,50-,51-,52-,53+,54+,55+,56+,57+,58+,59-,60+,61-/m1/s1. The van der Waals surface area contributed by atoms with Crippen LogP contribution >= 0.6 is 0 Å². The van der Waals surface area contributed by atoms with E-state index in [1.807, 2.05) is 6.92 Å². The lowest BCUT2D eigenvalue weighted by molar-refractivity contribution is -0.400. The third kappa shape index (κ3) is 14.1. The topological polar surface area (TPSA) is 470 Å². The molecule has 536 valence electrons. The van der Waals surface area contributed by atoms with Crippen LogP contribution in [0.1, 0.15) is 114 Å². The quantitative estimate of drug-likeness (QED) is 0.0362. The van der Waals surface area contributed by atoms with Crippen molar-refractivity contribution < 1.29 is 150 Å². The smallest absolute Gasteiger partial charge is 0.388 e. The van der Waals surface area contributed by atoms with Crippen LogP contribution in [0.2, 0.25) is 0 Å². The van der Waals surface area contributed by atoms with Gasteiger partial charge in [0.25, 0.3) is 0 Å². The molecule has 93 heavy (non-hydrogen) atoms. The highest BCUT2D eigenvalue weighted by Gasteiger charge is 2.67. The van der Waals surface area contributed by atoms with Crippen LogP contribution in [0.3, 0.4) is 0 Å². The van der Waals surface area contributed by atoms with E-state index in [2.05, 4.69) is 33.8 Å². The highest BCUT2D eigenvalue weighted by molar-refractivity contribution is 7.80. The van der Waals surface area contributed by atoms with Crippen molar-refractivity contribution in [2.24, 2.45) is 40.4 Å². The molecule has 4 aliphatic carbocycles. The Morgan fingerprint density at radius 2 is 1.06 bits per heavy atom. The Labute approximate surface area is 539 Å². The van der Waals surface area contributed by atoms with Gasteiger partial charge in [0, 0.05) is 0 Å². The molecular formula is C61H100O31S. The van der Waals surface area contributed by atoms with Gasteiger partial charge < -0.3 is 133 Å². The maximum atomic E-state index is 12.5. The summed E-state index contributed by atoms with van der Waals surface area (Å²) in [4.78, 5) is 0. The fourth-order valence-electron chi connectivity index (χ4n) is 17.3. The molecule has 0 amide bonds. The Morgan fingerprint density at radius 3 is 1.68 bits per heavy atom. The molecule has 0 aromatic carbocycles. The van der Waals surface area contributed by atoms with Crippen LogP contribution < -0.4 is 0 Å². The molecule has 0 aromatic heterocycles. The molecule has 11 aliphatic rings. The largest absolute Gasteiger partial charge is 0.397 e. The maximum absolute atomic E-state index is 12.5. The van der Waals surface area contributed by atoms with Crippen LogP contribution in [0, 0.1) is 40.4 Å². The Kier molecular flexibility index (Phi) is 21.8. The Hall–Kier alpha value is -1.47. The molecule has 7 heterocycles. The number of aliphatic hydroxyl groups excluding tert-OH is 13. The van der Waals surface area contributed by atoms with E-state index in [9.17, 15) is 84.5 Å². The third-order valence-electron chi connectivity index (χ3n) is 22.6. The third-order valence-corrected chi connectivity index (χ3v) is 23.1. The highest BCUT2D eigenvalue weighted by Crippen LogP contribution is 2.68. The highest BCUT2D eigenvalue weighted by atomic mass is 32.3. The van der Waals surface area contributed by atoms with Crippen LogP contribution in [-0.2, 0) is 76.2 Å². The average molecular weight is 1360 g/mol. The van der Waals surface area contributed by atoms with E-state index in [1.54, 1.807) is 0 Å². The maximum Gasteiger partial charge on any atom is 0.397 e. The van der Waals surface area contributed by atoms with Gasteiger partial charge in [0.2, 0.25) is 0 Å². The molecule has 32 heteroatoms. The van der Waals surface area contributed by atoms with Crippen molar-refractivity contribution in [1.82, 2.24) is 0 Å². The van der Waals surface area contributed by atoms with Gasteiger partial charge in [-0.1, -0.05) is 39.3 Å². The number of fused-ring (bicyclic) bond motifs is 5. The first kappa shape index (κ1) is 72.8. The molecule has 0 aromatic rings. The summed E-state index contributed by atoms with van der Waals surface area (Å²) in [6, 6.07) is 0. The van der Waals surface area contributed by atoms with Gasteiger partial charge >= 0.3 is 10.4 Å². The lowest BCUT2D eigenvalue weighted by Gasteiger charge is -2.60. The summed E-state index contributed by atoms with van der Waals surface area (Å²) < 4.78 is 119. The lowest BCUT2D eigenvalue weighted by Crippen LogP contribution is -2.67. The summed E-state index contributed by atoms with van der Waals surface area (Å²) in [6.45, 7) is 15.0. The number of allylic oxidation sites excluding steroid dienone is 2. The number of epoxide rings is 1. The zero-order valence-electron chi connectivity index (χ0n) is 53.7. The molecule has 7 saturated heterocycles. The monoisotopic (exact) mass is 1360 g/mol. The number of hydrogen-bond donors (Lipinski definition) is 15. The van der Waals surface area contributed by atoms with E-state index in [4.69, 9.17) is 65.8 Å². The normalized spacial score (nSPS) is 54.3. The first-order valence-electron chi connectivity index (χ1n) is 32.9. The first-order valence-corrected chi connectivity index (χ1v) is 34.3. The molecule has 11 rings (SSSR count). The minimum Gasteiger partial charge on any atom is -0.388 e. The van der Waals surface area contributed by atoms with E-state index in [-0.39, 0.29) is 48.2 Å². The molecule has 15 N–H and O–H groups in total. The summed E-state index contributed by atoms with van der Waals surface area (Å²) in [5, 5.41) is 158. The van der Waals surface area contributed by atoms with Gasteiger partial charge in [0.05, 0.1) is 61.5 Å². The molecule has 39 atom stereocenters. The van der Waals surface area contributed by atoms with Crippen LogP contribution in [0.5, 0.6) is 0 Å². The Morgan fingerprint density at radius 1 is 0.548 bits per heavy atom. The SMILES string of the molecule is CC(C)C[C@H]1O[C@H]1[C@](C)(O)[C@H]1CC[C@H]2C3C[C@H](O[C@@H]4O[C@H](C)[C@@H](O)[C@H](O[C@@H]5OC[C@@H](O[C@@H]6O[C@H](C)[C@@H](O)[C@H](O)[C@H]6O[C@@H]6O[C@H](C)[C@H](O)[C@H](O[C@@H]7OC[C@@H](O)[C@H](O)[C@H]7O)[C@H]6O)[C@H](O)[C@H]5O[C@@H]5O[C@H](C)[C@@H](O)[C@H](O)[C@H]5O)[C@H]4O)[C@H]4C[C@@H](OS(=O)(=O)O)CC[C@]4(C)C3=CC[C@]12C. The fourth-order valence-corrected chi connectivity index (χ4v) is 17.8. The van der Waals surface area contributed by atoms with Crippen LogP contribution in [0.15, 0.2) is 11.6 Å². The number of rotatable bonds is 18. The molecular weight excluding hydrogens is 1260 g/mol. The Balaban J connectivity index is 0.838. The zero-order valence-corrected chi connectivity index (χ0v) is 54.5. The predicted molar refractivity (Wildman–Crippen MR) is 310 cm³/mol. The van der Waals surface area contributed by atoms with Gasteiger partial charge in [0.15, 0.2) is 37.7 Å². The minimum atomic E-state index is -4.88. The average Bonchev–Trinajstić information content (AvgIpc) is 1.65. The molecule has 10 fully saturated rings. The van der Waals surface area contributed by atoms with Gasteiger partial charge in [-0.2, -0.15) is 8.42 Å². The second-order valence-corrected chi connectivity index (χ2v) is 30.3. The van der Waals surface area contributed by atoms with E-state index >= 15 is 0 Å². The van der Waals surface area contributed by atoms with Crippen LogP contribution in [-0.4, -0.2) is 300 Å². The van der Waals surface area contributed by atoms with E-state index in [1.165, 1.54) is 33.3 Å². The molecule has 3 saturated carbocycles. The second-order valence-electron chi connectivity index (χ2n) is 29.3. The van der Waals surface area contributed by atoms with Gasteiger partial charge in [-0.3, -0.25) is 4.55 Å². The lowest BCUT2D eigenvalue weighted by atomic mass is 9.47. The molecule has 7 aliphatic heterocycles. The van der Waals surface area contributed by atoms with E-state index in [0.29, 0.717) is 25.2 Å². The first-order chi connectivity index (χ1) is 43.5. The van der Waals surface area contributed by atoms with Gasteiger partial charge in [0.1, 0.15) is 116 Å². The summed E-state index contributed by atoms with van der Waals surface area (Å²) in [7, 11) is -4.88. The fraction of sp³-hybridized carbons (Fsp3) is 0.967. The second kappa shape index (κ2) is 27.8. The Bertz CT molecular complexity index is 2680. The van der Waals surface area contributed by atoms with Crippen molar-refractivity contribution in [3.05, 3.63) is 11.6 Å². The number of hydrogen-bond acceptors (Lipinski definition) is 30. The predicted octanol–water partition coefficient (Wildman–Crippen LogP) is -3.38. The molecule has 0 spiro atoms. The zero-order chi connectivity index (χ0) is 67.6. The molecule has 0 bridgehead atoms. The number of ether oxygens (including phenoxy) is 13. The summed E-state index contributed by atoms with van der Waals surface area (Å²) in [5.41, 5.74) is -0.932.